The fourth-order valence-corrected chi connectivity index (χ4v) is 5.61. The lowest BCUT2D eigenvalue weighted by Crippen LogP contribution is -2.37. The van der Waals surface area contributed by atoms with Crippen molar-refractivity contribution in [3.8, 4) is 17.0 Å². The summed E-state index contributed by atoms with van der Waals surface area (Å²) in [4.78, 5) is 40.1. The van der Waals surface area contributed by atoms with Crippen LogP contribution in [0.4, 0.5) is 15.0 Å². The highest BCUT2D eigenvalue weighted by Crippen LogP contribution is 2.37. The van der Waals surface area contributed by atoms with Gasteiger partial charge in [0, 0.05) is 25.7 Å². The first kappa shape index (κ1) is 29.7. The van der Waals surface area contributed by atoms with Gasteiger partial charge in [0.2, 0.25) is 0 Å². The number of methoxy groups -OCH3 is 1. The van der Waals surface area contributed by atoms with Crippen LogP contribution in [0.1, 0.15) is 47.6 Å². The Morgan fingerprint density at radius 2 is 1.96 bits per heavy atom. The first-order chi connectivity index (χ1) is 21.8. The lowest BCUT2D eigenvalue weighted by atomic mass is 9.81. The summed E-state index contributed by atoms with van der Waals surface area (Å²) < 4.78 is 22.0. The molecular formula is C31H33FN10O3. The SMILES string of the molecule is COc1ccc(F)cc1C(=O)NCc1ccc(-c2nn(C(CC3CCC3)CN(C)C(=O)n3cncn3)c3ncnc(N)c23)cc1. The number of hydrogen-bond acceptors (Lipinski definition) is 9. The summed E-state index contributed by atoms with van der Waals surface area (Å²) in [5.41, 5.74) is 9.32. The monoisotopic (exact) mass is 612 g/mol. The van der Waals surface area contributed by atoms with E-state index in [-0.39, 0.29) is 29.9 Å². The minimum Gasteiger partial charge on any atom is -0.496 e. The molecule has 3 heterocycles. The van der Waals surface area contributed by atoms with E-state index in [1.165, 1.54) is 49.3 Å². The molecule has 13 nitrogen and oxygen atoms in total. The number of benzene rings is 2. The predicted octanol–water partition coefficient (Wildman–Crippen LogP) is 4.08. The van der Waals surface area contributed by atoms with Crippen LogP contribution in [0, 0.1) is 11.7 Å². The summed E-state index contributed by atoms with van der Waals surface area (Å²) in [6.45, 7) is 0.596. The molecule has 0 aliphatic heterocycles. The molecule has 3 N–H and O–H groups in total. The quantitative estimate of drug-likeness (QED) is 0.237. The van der Waals surface area contributed by atoms with E-state index in [4.69, 9.17) is 15.6 Å². The van der Waals surface area contributed by atoms with Crippen molar-refractivity contribution in [3.05, 3.63) is 78.4 Å². The molecular weight excluding hydrogens is 579 g/mol. The van der Waals surface area contributed by atoms with Gasteiger partial charge in [0.05, 0.1) is 24.1 Å². The number of hydrogen-bond donors (Lipinski definition) is 2. The number of nitrogens with one attached hydrogen (secondary N) is 1. The third kappa shape index (κ3) is 6.16. The number of carbonyl (C=O) groups excluding carboxylic acids is 2. The summed E-state index contributed by atoms with van der Waals surface area (Å²) in [5, 5.41) is 12.4. The van der Waals surface area contributed by atoms with Gasteiger partial charge in [0.15, 0.2) is 5.65 Å². The molecule has 0 radical (unpaired) electrons. The Kier molecular flexibility index (Phi) is 8.36. The van der Waals surface area contributed by atoms with Crippen LogP contribution in [0.3, 0.4) is 0 Å². The Hall–Kier alpha value is -5.40. The standard InChI is InChI=1S/C31H33FN10O3/c1-40(31(44)41-18-34-16-38-41)15-23(12-19-4-3-5-19)42-29-26(28(33)36-17-37-29)27(39-42)21-8-6-20(7-9-21)14-35-30(43)24-13-22(32)10-11-25(24)45-2/h6-11,13,16-19,23H,3-5,12,14-15H2,1-2H3,(H,35,43)(H2,33,36,37). The zero-order valence-corrected chi connectivity index (χ0v) is 24.9. The molecule has 1 unspecified atom stereocenters. The molecule has 14 heteroatoms. The normalized spacial score (nSPS) is 13.8. The summed E-state index contributed by atoms with van der Waals surface area (Å²) in [7, 11) is 3.16. The van der Waals surface area contributed by atoms with Gasteiger partial charge in [-0.25, -0.2) is 28.8 Å². The molecule has 6 rings (SSSR count). The van der Waals surface area contributed by atoms with E-state index in [1.807, 2.05) is 28.9 Å². The summed E-state index contributed by atoms with van der Waals surface area (Å²) >= 11 is 0. The Labute approximate surface area is 258 Å². The van der Waals surface area contributed by atoms with Crippen molar-refractivity contribution in [2.45, 2.75) is 38.3 Å². The fourth-order valence-electron chi connectivity index (χ4n) is 5.61. The van der Waals surface area contributed by atoms with E-state index in [9.17, 15) is 14.0 Å². The van der Waals surface area contributed by atoms with E-state index >= 15 is 0 Å². The molecule has 1 saturated carbocycles. The van der Waals surface area contributed by atoms with E-state index in [0.717, 1.165) is 36.5 Å². The van der Waals surface area contributed by atoms with Gasteiger partial charge in [-0.15, -0.1) is 0 Å². The molecule has 1 aliphatic rings. The number of nitrogen functional groups attached to an aromatic ring is 1. The highest BCUT2D eigenvalue weighted by Gasteiger charge is 2.29. The summed E-state index contributed by atoms with van der Waals surface area (Å²) in [5.74, 6) is 0.138. The number of likely N-dealkylation sites (N-methyl/N-ethyl adjacent to an activating group) is 1. The smallest absolute Gasteiger partial charge is 0.345 e. The number of halogens is 1. The molecule has 232 valence electrons. The van der Waals surface area contributed by atoms with Gasteiger partial charge < -0.3 is 20.7 Å². The number of anilines is 1. The van der Waals surface area contributed by atoms with Gasteiger partial charge in [-0.05, 0) is 36.1 Å². The lowest BCUT2D eigenvalue weighted by Gasteiger charge is -2.32. The molecule has 2 aromatic carbocycles. The molecule has 0 saturated heterocycles. The third-order valence-corrected chi connectivity index (χ3v) is 8.21. The van der Waals surface area contributed by atoms with Crippen molar-refractivity contribution >= 4 is 28.8 Å². The maximum atomic E-state index is 13.8. The Morgan fingerprint density at radius 3 is 2.64 bits per heavy atom. The highest BCUT2D eigenvalue weighted by molar-refractivity contribution is 5.98. The second-order valence-electron chi connectivity index (χ2n) is 11.2. The Balaban J connectivity index is 1.26. The number of nitrogens with zero attached hydrogens (tertiary/aromatic N) is 8. The second kappa shape index (κ2) is 12.7. The van der Waals surface area contributed by atoms with E-state index in [2.05, 4.69) is 25.4 Å². The average molecular weight is 613 g/mol. The van der Waals surface area contributed by atoms with Crippen molar-refractivity contribution in [1.82, 2.24) is 44.7 Å². The van der Waals surface area contributed by atoms with E-state index in [0.29, 0.717) is 35.0 Å². The molecule has 0 spiro atoms. The number of ether oxygens (including phenoxy) is 1. The topological polar surface area (TPSA) is 159 Å². The van der Waals surface area contributed by atoms with Gasteiger partial charge in [0.1, 0.15) is 42.1 Å². The minimum absolute atomic E-state index is 0.117. The van der Waals surface area contributed by atoms with Crippen LogP contribution >= 0.6 is 0 Å². The minimum atomic E-state index is -0.524. The van der Waals surface area contributed by atoms with Crippen molar-refractivity contribution in [1.29, 1.82) is 0 Å². The van der Waals surface area contributed by atoms with Crippen LogP contribution in [0.2, 0.25) is 0 Å². The van der Waals surface area contributed by atoms with Crippen molar-refractivity contribution < 1.29 is 18.7 Å². The molecule has 1 fully saturated rings. The zero-order chi connectivity index (χ0) is 31.5. The third-order valence-electron chi connectivity index (χ3n) is 8.21. The molecule has 1 aliphatic carbocycles. The lowest BCUT2D eigenvalue weighted by molar-refractivity contribution is 0.0947. The van der Waals surface area contributed by atoms with Crippen LogP contribution in [0.5, 0.6) is 5.75 Å². The Bertz CT molecular complexity index is 1820. The number of rotatable bonds is 10. The van der Waals surface area contributed by atoms with Crippen LogP contribution in [0.25, 0.3) is 22.3 Å². The summed E-state index contributed by atoms with van der Waals surface area (Å²) in [6, 6.07) is 10.9. The second-order valence-corrected chi connectivity index (χ2v) is 11.2. The largest absolute Gasteiger partial charge is 0.496 e. The molecule has 1 atom stereocenters. The average Bonchev–Trinajstić information content (AvgIpc) is 3.70. The predicted molar refractivity (Wildman–Crippen MR) is 164 cm³/mol. The number of amides is 2. The highest BCUT2D eigenvalue weighted by atomic mass is 19.1. The molecule has 2 amide bonds. The number of nitrogens with two attached hydrogens (primary N) is 1. The van der Waals surface area contributed by atoms with E-state index in [1.54, 1.807) is 11.9 Å². The number of fused-ring (bicyclic) bond motifs is 1. The molecule has 5 aromatic rings. The first-order valence-corrected chi connectivity index (χ1v) is 14.6. The van der Waals surface area contributed by atoms with Crippen molar-refractivity contribution in [2.75, 3.05) is 26.4 Å². The van der Waals surface area contributed by atoms with Crippen LogP contribution < -0.4 is 15.8 Å². The van der Waals surface area contributed by atoms with Gasteiger partial charge in [-0.1, -0.05) is 43.5 Å². The van der Waals surface area contributed by atoms with E-state index < -0.39 is 11.7 Å². The van der Waals surface area contributed by atoms with Gasteiger partial charge in [-0.2, -0.15) is 14.9 Å². The Morgan fingerprint density at radius 1 is 1.16 bits per heavy atom. The van der Waals surface area contributed by atoms with Crippen LogP contribution in [-0.2, 0) is 6.54 Å². The van der Waals surface area contributed by atoms with Crippen LogP contribution in [-0.4, -0.2) is 72.1 Å². The van der Waals surface area contributed by atoms with Gasteiger partial charge in [0.25, 0.3) is 5.91 Å². The molecule has 0 bridgehead atoms. The molecule has 45 heavy (non-hydrogen) atoms. The maximum absolute atomic E-state index is 13.8. The van der Waals surface area contributed by atoms with Gasteiger partial charge in [-0.3, -0.25) is 4.79 Å². The number of carbonyl (C=O) groups is 2. The van der Waals surface area contributed by atoms with Crippen molar-refractivity contribution in [3.63, 3.8) is 0 Å². The first-order valence-electron chi connectivity index (χ1n) is 14.6. The van der Waals surface area contributed by atoms with Crippen molar-refractivity contribution in [2.24, 2.45) is 5.92 Å². The summed E-state index contributed by atoms with van der Waals surface area (Å²) in [6.07, 6.45) is 8.39. The van der Waals surface area contributed by atoms with Gasteiger partial charge >= 0.3 is 6.03 Å². The zero-order valence-electron chi connectivity index (χ0n) is 24.9. The maximum Gasteiger partial charge on any atom is 0.345 e. The number of aromatic nitrogens is 7. The molecule has 3 aromatic heterocycles. The fraction of sp³-hybridized carbons (Fsp3) is 0.323. The van der Waals surface area contributed by atoms with Crippen LogP contribution in [0.15, 0.2) is 61.4 Å².